The van der Waals surface area contributed by atoms with Crippen LogP contribution in [0.5, 0.6) is 0 Å². The van der Waals surface area contributed by atoms with Crippen LogP contribution in [0.2, 0.25) is 0 Å². The molecule has 1 aromatic heterocycles. The standard InChI is InChI=1S/C13H25N3O2/c1-4-17-13(18-5-2)8-10-14-9-6-12-7-11-15-16(12)3/h7,11,13-14H,4-6,8-10H2,1-3H3. The summed E-state index contributed by atoms with van der Waals surface area (Å²) in [6.07, 6.45) is 3.62. The second-order valence-electron chi connectivity index (χ2n) is 4.08. The van der Waals surface area contributed by atoms with E-state index < -0.39 is 0 Å². The van der Waals surface area contributed by atoms with Gasteiger partial charge < -0.3 is 14.8 Å². The third-order valence-corrected chi connectivity index (χ3v) is 2.74. The maximum absolute atomic E-state index is 5.48. The van der Waals surface area contributed by atoms with Crippen LogP contribution in [-0.2, 0) is 22.9 Å². The Morgan fingerprint density at radius 2 is 2.00 bits per heavy atom. The van der Waals surface area contributed by atoms with E-state index in [1.165, 1.54) is 5.69 Å². The molecule has 1 N–H and O–H groups in total. The van der Waals surface area contributed by atoms with E-state index in [0.717, 1.165) is 25.9 Å². The summed E-state index contributed by atoms with van der Waals surface area (Å²) in [6.45, 7) is 7.22. The Bertz CT molecular complexity index is 309. The summed E-state index contributed by atoms with van der Waals surface area (Å²) < 4.78 is 12.9. The molecule has 18 heavy (non-hydrogen) atoms. The molecule has 0 bridgehead atoms. The Hall–Kier alpha value is -0.910. The molecular weight excluding hydrogens is 230 g/mol. The summed E-state index contributed by atoms with van der Waals surface area (Å²) in [4.78, 5) is 0. The zero-order chi connectivity index (χ0) is 13.2. The second kappa shape index (κ2) is 9.08. The molecule has 0 saturated heterocycles. The lowest BCUT2D eigenvalue weighted by Gasteiger charge is -2.16. The van der Waals surface area contributed by atoms with E-state index in [9.17, 15) is 0 Å². The lowest BCUT2D eigenvalue weighted by atomic mass is 10.3. The van der Waals surface area contributed by atoms with Crippen molar-refractivity contribution in [2.75, 3.05) is 26.3 Å². The molecule has 0 atom stereocenters. The minimum Gasteiger partial charge on any atom is -0.353 e. The molecule has 0 saturated carbocycles. The van der Waals surface area contributed by atoms with Crippen molar-refractivity contribution in [3.63, 3.8) is 0 Å². The molecule has 0 unspecified atom stereocenters. The van der Waals surface area contributed by atoms with E-state index in [-0.39, 0.29) is 6.29 Å². The Labute approximate surface area is 109 Å². The molecule has 0 spiro atoms. The average Bonchev–Trinajstić information content (AvgIpc) is 2.75. The first-order valence-corrected chi connectivity index (χ1v) is 6.68. The van der Waals surface area contributed by atoms with Crippen molar-refractivity contribution >= 4 is 0 Å². The van der Waals surface area contributed by atoms with Crippen LogP contribution in [0.3, 0.4) is 0 Å². The Morgan fingerprint density at radius 3 is 2.56 bits per heavy atom. The van der Waals surface area contributed by atoms with Gasteiger partial charge in [-0.25, -0.2) is 0 Å². The summed E-state index contributed by atoms with van der Waals surface area (Å²) in [5, 5.41) is 7.54. The maximum Gasteiger partial charge on any atom is 0.158 e. The first-order valence-electron chi connectivity index (χ1n) is 6.68. The number of ether oxygens (including phenoxy) is 2. The topological polar surface area (TPSA) is 48.3 Å². The first-order chi connectivity index (χ1) is 8.77. The molecule has 5 heteroatoms. The predicted octanol–water partition coefficient (Wildman–Crippen LogP) is 1.34. The third-order valence-electron chi connectivity index (χ3n) is 2.74. The molecule has 1 rings (SSSR count). The summed E-state index contributed by atoms with van der Waals surface area (Å²) >= 11 is 0. The van der Waals surface area contributed by atoms with E-state index in [0.29, 0.717) is 13.2 Å². The molecule has 0 fully saturated rings. The fourth-order valence-corrected chi connectivity index (χ4v) is 1.79. The summed E-state index contributed by atoms with van der Waals surface area (Å²) in [7, 11) is 1.97. The van der Waals surface area contributed by atoms with Gasteiger partial charge in [-0.1, -0.05) is 0 Å². The van der Waals surface area contributed by atoms with Gasteiger partial charge in [0, 0.05) is 51.5 Å². The van der Waals surface area contributed by atoms with Crippen molar-refractivity contribution in [3.8, 4) is 0 Å². The van der Waals surface area contributed by atoms with Gasteiger partial charge in [0.25, 0.3) is 0 Å². The minimum atomic E-state index is -0.0794. The molecule has 0 aliphatic heterocycles. The highest BCUT2D eigenvalue weighted by atomic mass is 16.7. The number of rotatable bonds is 10. The second-order valence-corrected chi connectivity index (χ2v) is 4.08. The molecule has 1 aromatic rings. The largest absolute Gasteiger partial charge is 0.353 e. The minimum absolute atomic E-state index is 0.0794. The van der Waals surface area contributed by atoms with Crippen LogP contribution >= 0.6 is 0 Å². The third kappa shape index (κ3) is 5.62. The summed E-state index contributed by atoms with van der Waals surface area (Å²) in [6, 6.07) is 2.05. The van der Waals surface area contributed by atoms with Crippen molar-refractivity contribution in [2.45, 2.75) is 33.0 Å². The monoisotopic (exact) mass is 255 g/mol. The normalized spacial score (nSPS) is 11.3. The number of nitrogens with one attached hydrogen (secondary N) is 1. The van der Waals surface area contributed by atoms with Crippen LogP contribution in [0.15, 0.2) is 12.3 Å². The SMILES string of the molecule is CCOC(CCNCCc1ccnn1C)OCC. The van der Waals surface area contributed by atoms with Gasteiger partial charge in [0.05, 0.1) is 0 Å². The van der Waals surface area contributed by atoms with Gasteiger partial charge in [0.1, 0.15) is 0 Å². The Morgan fingerprint density at radius 1 is 1.28 bits per heavy atom. The van der Waals surface area contributed by atoms with Gasteiger partial charge in [-0.2, -0.15) is 5.10 Å². The lowest BCUT2D eigenvalue weighted by Crippen LogP contribution is -2.26. The van der Waals surface area contributed by atoms with Gasteiger partial charge in [0.2, 0.25) is 0 Å². The quantitative estimate of drug-likeness (QED) is 0.506. The fourth-order valence-electron chi connectivity index (χ4n) is 1.79. The average molecular weight is 255 g/mol. The molecule has 104 valence electrons. The molecule has 5 nitrogen and oxygen atoms in total. The number of aromatic nitrogens is 2. The number of hydrogen-bond acceptors (Lipinski definition) is 4. The molecule has 0 aromatic carbocycles. The van der Waals surface area contributed by atoms with Gasteiger partial charge >= 0.3 is 0 Å². The van der Waals surface area contributed by atoms with Crippen LogP contribution < -0.4 is 5.32 Å². The van der Waals surface area contributed by atoms with Crippen LogP contribution in [-0.4, -0.2) is 42.4 Å². The van der Waals surface area contributed by atoms with Crippen molar-refractivity contribution in [2.24, 2.45) is 7.05 Å². The van der Waals surface area contributed by atoms with Crippen molar-refractivity contribution in [3.05, 3.63) is 18.0 Å². The van der Waals surface area contributed by atoms with E-state index in [1.807, 2.05) is 37.8 Å². The van der Waals surface area contributed by atoms with E-state index in [2.05, 4.69) is 10.4 Å². The van der Waals surface area contributed by atoms with E-state index in [4.69, 9.17) is 9.47 Å². The maximum atomic E-state index is 5.48. The highest BCUT2D eigenvalue weighted by molar-refractivity contribution is 5.00. The van der Waals surface area contributed by atoms with Crippen molar-refractivity contribution in [1.29, 1.82) is 0 Å². The Kier molecular flexibility index (Phi) is 7.64. The number of nitrogens with zero attached hydrogens (tertiary/aromatic N) is 2. The Balaban J connectivity index is 2.08. The highest BCUT2D eigenvalue weighted by Gasteiger charge is 2.06. The summed E-state index contributed by atoms with van der Waals surface area (Å²) in [5.41, 5.74) is 1.24. The van der Waals surface area contributed by atoms with Crippen molar-refractivity contribution in [1.82, 2.24) is 15.1 Å². The van der Waals surface area contributed by atoms with Crippen LogP contribution in [0.1, 0.15) is 26.0 Å². The van der Waals surface area contributed by atoms with Gasteiger partial charge in [-0.15, -0.1) is 0 Å². The smallest absolute Gasteiger partial charge is 0.158 e. The molecule has 0 aliphatic carbocycles. The van der Waals surface area contributed by atoms with Crippen LogP contribution in [0.25, 0.3) is 0 Å². The van der Waals surface area contributed by atoms with Gasteiger partial charge in [0.15, 0.2) is 6.29 Å². The van der Waals surface area contributed by atoms with Crippen LogP contribution in [0.4, 0.5) is 0 Å². The number of hydrogen-bond donors (Lipinski definition) is 1. The van der Waals surface area contributed by atoms with E-state index >= 15 is 0 Å². The molecular formula is C13H25N3O2. The molecule has 0 aliphatic rings. The van der Waals surface area contributed by atoms with Crippen LogP contribution in [0, 0.1) is 0 Å². The van der Waals surface area contributed by atoms with E-state index in [1.54, 1.807) is 0 Å². The zero-order valence-corrected chi connectivity index (χ0v) is 11.7. The first kappa shape index (κ1) is 15.1. The molecule has 1 heterocycles. The predicted molar refractivity (Wildman–Crippen MR) is 71.4 cm³/mol. The van der Waals surface area contributed by atoms with Gasteiger partial charge in [-0.3, -0.25) is 4.68 Å². The van der Waals surface area contributed by atoms with Crippen molar-refractivity contribution < 1.29 is 9.47 Å². The highest BCUT2D eigenvalue weighted by Crippen LogP contribution is 2.00. The van der Waals surface area contributed by atoms with Gasteiger partial charge in [-0.05, 0) is 26.5 Å². The summed E-state index contributed by atoms with van der Waals surface area (Å²) in [5.74, 6) is 0. The lowest BCUT2D eigenvalue weighted by molar-refractivity contribution is -0.138. The fraction of sp³-hybridized carbons (Fsp3) is 0.769. The number of aryl methyl sites for hydroxylation is 1. The molecule has 0 radical (unpaired) electrons. The zero-order valence-electron chi connectivity index (χ0n) is 11.7. The molecule has 0 amide bonds.